The van der Waals surface area contributed by atoms with Gasteiger partial charge in [-0.2, -0.15) is 0 Å². The molecule has 0 aromatic heterocycles. The summed E-state index contributed by atoms with van der Waals surface area (Å²) in [7, 11) is 1.62. The minimum Gasteiger partial charge on any atom is -0.497 e. The number of carbonyl (C=O) groups excluding carboxylic acids is 2. The zero-order valence-corrected chi connectivity index (χ0v) is 23.0. The van der Waals surface area contributed by atoms with Gasteiger partial charge in [0.1, 0.15) is 17.5 Å². The van der Waals surface area contributed by atoms with E-state index in [0.717, 1.165) is 23.3 Å². The molecule has 0 saturated heterocycles. The molecule has 0 spiro atoms. The first-order valence-corrected chi connectivity index (χ1v) is 13.4. The first-order valence-electron chi connectivity index (χ1n) is 13.4. The third kappa shape index (κ3) is 8.94. The molecular formula is C32H40N2O4. The van der Waals surface area contributed by atoms with Gasteiger partial charge >= 0.3 is 0 Å². The van der Waals surface area contributed by atoms with E-state index in [1.165, 1.54) is 5.56 Å². The lowest BCUT2D eigenvalue weighted by atomic mass is 10.0. The Morgan fingerprint density at radius 1 is 0.921 bits per heavy atom. The second kappa shape index (κ2) is 14.8. The first kappa shape index (κ1) is 28.8. The Morgan fingerprint density at radius 2 is 1.63 bits per heavy atom. The van der Waals surface area contributed by atoms with E-state index in [9.17, 15) is 9.59 Å². The molecule has 6 heteroatoms. The second-order valence-electron chi connectivity index (χ2n) is 9.66. The number of hydrogen-bond donors (Lipinski definition) is 1. The van der Waals surface area contributed by atoms with Gasteiger partial charge in [-0.05, 0) is 62.1 Å². The molecule has 202 valence electrons. The summed E-state index contributed by atoms with van der Waals surface area (Å²) >= 11 is 0. The molecule has 0 aliphatic heterocycles. The van der Waals surface area contributed by atoms with Crippen molar-refractivity contribution in [2.45, 2.75) is 65.1 Å². The van der Waals surface area contributed by atoms with E-state index < -0.39 is 6.04 Å². The first-order chi connectivity index (χ1) is 18.4. The molecule has 2 unspecified atom stereocenters. The molecular weight excluding hydrogens is 476 g/mol. The average molecular weight is 517 g/mol. The largest absolute Gasteiger partial charge is 0.497 e. The van der Waals surface area contributed by atoms with Crippen LogP contribution in [-0.4, -0.2) is 42.5 Å². The Bertz CT molecular complexity index is 1150. The van der Waals surface area contributed by atoms with Crippen molar-refractivity contribution < 1.29 is 19.1 Å². The third-order valence-electron chi connectivity index (χ3n) is 6.58. The van der Waals surface area contributed by atoms with Gasteiger partial charge in [0.15, 0.2) is 0 Å². The van der Waals surface area contributed by atoms with Crippen LogP contribution in [0.15, 0.2) is 78.9 Å². The van der Waals surface area contributed by atoms with E-state index in [-0.39, 0.29) is 24.3 Å². The van der Waals surface area contributed by atoms with E-state index in [4.69, 9.17) is 9.47 Å². The maximum atomic E-state index is 13.7. The molecule has 3 rings (SSSR count). The van der Waals surface area contributed by atoms with Crippen LogP contribution in [0.4, 0.5) is 0 Å². The number of rotatable bonds is 14. The van der Waals surface area contributed by atoms with Gasteiger partial charge in [0.2, 0.25) is 11.8 Å². The molecule has 1 N–H and O–H groups in total. The van der Waals surface area contributed by atoms with E-state index in [0.29, 0.717) is 31.7 Å². The van der Waals surface area contributed by atoms with Gasteiger partial charge < -0.3 is 19.7 Å². The molecule has 0 aliphatic rings. The number of benzene rings is 3. The summed E-state index contributed by atoms with van der Waals surface area (Å²) < 4.78 is 11.2. The fraction of sp³-hybridized carbons (Fsp3) is 0.375. The number of hydrogen-bond acceptors (Lipinski definition) is 4. The van der Waals surface area contributed by atoms with Gasteiger partial charge in [-0.25, -0.2) is 0 Å². The topological polar surface area (TPSA) is 67.9 Å². The predicted octanol–water partition coefficient (Wildman–Crippen LogP) is 5.72. The van der Waals surface area contributed by atoms with E-state index in [2.05, 4.69) is 5.32 Å². The van der Waals surface area contributed by atoms with Crippen LogP contribution in [0, 0.1) is 6.92 Å². The summed E-state index contributed by atoms with van der Waals surface area (Å²) in [6.45, 7) is 6.77. The molecule has 0 radical (unpaired) electrons. The Morgan fingerprint density at radius 3 is 2.32 bits per heavy atom. The molecule has 0 heterocycles. The Kier molecular flexibility index (Phi) is 11.2. The zero-order valence-electron chi connectivity index (χ0n) is 23.0. The smallest absolute Gasteiger partial charge is 0.243 e. The van der Waals surface area contributed by atoms with Crippen molar-refractivity contribution in [2.75, 3.05) is 13.7 Å². The number of carbonyl (C=O) groups is 2. The lowest BCUT2D eigenvalue weighted by Crippen LogP contribution is -2.52. The summed E-state index contributed by atoms with van der Waals surface area (Å²) in [5.74, 6) is 1.27. The van der Waals surface area contributed by atoms with Crippen molar-refractivity contribution in [2.24, 2.45) is 0 Å². The Hall–Kier alpha value is -3.80. The van der Waals surface area contributed by atoms with Crippen molar-refractivity contribution in [1.82, 2.24) is 10.2 Å². The van der Waals surface area contributed by atoms with Gasteiger partial charge in [-0.15, -0.1) is 0 Å². The zero-order chi connectivity index (χ0) is 27.3. The number of nitrogens with zero attached hydrogens (tertiary/aromatic N) is 1. The molecule has 0 bridgehead atoms. The van der Waals surface area contributed by atoms with Crippen LogP contribution >= 0.6 is 0 Å². The fourth-order valence-corrected chi connectivity index (χ4v) is 4.15. The number of methoxy groups -OCH3 is 1. The molecule has 6 nitrogen and oxygen atoms in total. The van der Waals surface area contributed by atoms with Crippen LogP contribution in [0.2, 0.25) is 0 Å². The van der Waals surface area contributed by atoms with Crippen molar-refractivity contribution in [3.05, 3.63) is 95.6 Å². The molecule has 2 atom stereocenters. The normalized spacial score (nSPS) is 12.3. The van der Waals surface area contributed by atoms with E-state index in [1.54, 1.807) is 12.0 Å². The lowest BCUT2D eigenvalue weighted by molar-refractivity contribution is -0.141. The standard InChI is InChI=1S/C32H40N2O4/c1-5-25(3)33-32(36)30(22-26-11-7-6-8-12-26)34(23-27-13-9-14-29(21-27)37-4)31(35)15-10-20-38-28-18-16-24(2)17-19-28/h6-9,11-14,16-19,21,25,30H,5,10,15,20,22-23H2,1-4H3,(H,33,36). The Balaban J connectivity index is 1.81. The SMILES string of the molecule is CCC(C)NC(=O)C(Cc1ccccc1)N(Cc1cccc(OC)c1)C(=O)CCCOc1ccc(C)cc1. The lowest BCUT2D eigenvalue weighted by Gasteiger charge is -2.32. The highest BCUT2D eigenvalue weighted by atomic mass is 16.5. The number of ether oxygens (including phenoxy) is 2. The summed E-state index contributed by atoms with van der Waals surface area (Å²) in [6, 6.07) is 24.7. The molecule has 2 amide bonds. The van der Waals surface area contributed by atoms with Crippen molar-refractivity contribution in [3.63, 3.8) is 0 Å². The van der Waals surface area contributed by atoms with Crippen molar-refractivity contribution >= 4 is 11.8 Å². The summed E-state index contributed by atoms with van der Waals surface area (Å²) in [5.41, 5.74) is 3.08. The second-order valence-corrected chi connectivity index (χ2v) is 9.66. The van der Waals surface area contributed by atoms with Crippen LogP contribution in [-0.2, 0) is 22.6 Å². The maximum Gasteiger partial charge on any atom is 0.243 e. The quantitative estimate of drug-likeness (QED) is 0.278. The van der Waals surface area contributed by atoms with Gasteiger partial charge in [-0.3, -0.25) is 9.59 Å². The Labute approximate surface area is 227 Å². The molecule has 3 aromatic carbocycles. The highest BCUT2D eigenvalue weighted by Gasteiger charge is 2.30. The molecule has 0 fully saturated rings. The highest BCUT2D eigenvalue weighted by Crippen LogP contribution is 2.20. The van der Waals surface area contributed by atoms with Gasteiger partial charge in [-0.1, -0.05) is 67.1 Å². The summed E-state index contributed by atoms with van der Waals surface area (Å²) in [4.78, 5) is 29.0. The molecule has 0 aliphatic carbocycles. The summed E-state index contributed by atoms with van der Waals surface area (Å²) in [5, 5.41) is 3.10. The fourth-order valence-electron chi connectivity index (χ4n) is 4.15. The molecule has 3 aromatic rings. The van der Waals surface area contributed by atoms with Crippen LogP contribution < -0.4 is 14.8 Å². The van der Waals surface area contributed by atoms with Crippen LogP contribution in [0.25, 0.3) is 0 Å². The molecule has 38 heavy (non-hydrogen) atoms. The van der Waals surface area contributed by atoms with Gasteiger partial charge in [0.25, 0.3) is 0 Å². The maximum absolute atomic E-state index is 13.7. The average Bonchev–Trinajstić information content (AvgIpc) is 2.94. The van der Waals surface area contributed by atoms with Crippen molar-refractivity contribution in [1.29, 1.82) is 0 Å². The third-order valence-corrected chi connectivity index (χ3v) is 6.58. The number of amides is 2. The number of nitrogens with one attached hydrogen (secondary N) is 1. The monoisotopic (exact) mass is 516 g/mol. The van der Waals surface area contributed by atoms with Gasteiger partial charge in [0.05, 0.1) is 13.7 Å². The minimum atomic E-state index is -0.650. The van der Waals surface area contributed by atoms with Crippen LogP contribution in [0.3, 0.4) is 0 Å². The van der Waals surface area contributed by atoms with Crippen LogP contribution in [0.5, 0.6) is 11.5 Å². The minimum absolute atomic E-state index is 0.0115. The molecule has 0 saturated carbocycles. The van der Waals surface area contributed by atoms with Crippen molar-refractivity contribution in [3.8, 4) is 11.5 Å². The summed E-state index contributed by atoms with van der Waals surface area (Å²) in [6.07, 6.45) is 2.06. The van der Waals surface area contributed by atoms with E-state index >= 15 is 0 Å². The van der Waals surface area contributed by atoms with Crippen LogP contribution in [0.1, 0.15) is 49.8 Å². The number of aryl methyl sites for hydroxylation is 1. The predicted molar refractivity (Wildman–Crippen MR) is 151 cm³/mol. The van der Waals surface area contributed by atoms with E-state index in [1.807, 2.05) is 99.6 Å². The van der Waals surface area contributed by atoms with Gasteiger partial charge in [0, 0.05) is 25.4 Å². The highest BCUT2D eigenvalue weighted by molar-refractivity contribution is 5.88.